The monoisotopic (exact) mass is 459 g/mol. The van der Waals surface area contributed by atoms with Gasteiger partial charge in [0.25, 0.3) is 5.91 Å². The molecular formula is C23H21N7O4. The molecule has 1 aliphatic rings. The zero-order valence-corrected chi connectivity index (χ0v) is 18.2. The third-order valence-corrected chi connectivity index (χ3v) is 5.61. The van der Waals surface area contributed by atoms with E-state index in [0.29, 0.717) is 35.9 Å². The summed E-state index contributed by atoms with van der Waals surface area (Å²) in [6.45, 7) is 1.36. The van der Waals surface area contributed by atoms with Crippen LogP contribution in [0.3, 0.4) is 0 Å². The third kappa shape index (κ3) is 4.06. The van der Waals surface area contributed by atoms with Crippen molar-refractivity contribution in [3.8, 4) is 17.1 Å². The number of carboxylic acids is 1. The van der Waals surface area contributed by atoms with Crippen molar-refractivity contribution in [1.82, 2.24) is 25.0 Å². The minimum absolute atomic E-state index is 0.0320. The van der Waals surface area contributed by atoms with Gasteiger partial charge in [-0.05, 0) is 36.4 Å². The quantitative estimate of drug-likeness (QED) is 0.383. The van der Waals surface area contributed by atoms with Gasteiger partial charge in [-0.3, -0.25) is 14.6 Å². The van der Waals surface area contributed by atoms with Crippen LogP contribution in [0.1, 0.15) is 27.0 Å². The summed E-state index contributed by atoms with van der Waals surface area (Å²) in [7, 11) is 1.54. The molecule has 3 N–H and O–H groups in total. The summed E-state index contributed by atoms with van der Waals surface area (Å²) in [5.74, 6) is -0.884. The van der Waals surface area contributed by atoms with Gasteiger partial charge in [0, 0.05) is 37.2 Å². The molecule has 4 heterocycles. The molecule has 0 saturated carbocycles. The zero-order chi connectivity index (χ0) is 23.7. The number of nitrogens with zero attached hydrogens (tertiary/aromatic N) is 5. The molecule has 0 spiro atoms. The molecule has 3 aromatic heterocycles. The fourth-order valence-electron chi connectivity index (χ4n) is 3.76. The molecule has 34 heavy (non-hydrogen) atoms. The molecule has 4 aromatic rings. The van der Waals surface area contributed by atoms with Crippen molar-refractivity contribution in [2.24, 2.45) is 0 Å². The summed E-state index contributed by atoms with van der Waals surface area (Å²) >= 11 is 0. The van der Waals surface area contributed by atoms with Crippen molar-refractivity contribution in [2.45, 2.75) is 6.04 Å². The van der Waals surface area contributed by atoms with Crippen molar-refractivity contribution in [2.75, 3.05) is 30.4 Å². The van der Waals surface area contributed by atoms with E-state index in [1.54, 1.807) is 54.5 Å². The number of aromatic carboxylic acids is 1. The average molecular weight is 459 g/mol. The lowest BCUT2D eigenvalue weighted by molar-refractivity contribution is 0.0688. The number of nitrogens with one attached hydrogen (secondary N) is 2. The highest BCUT2D eigenvalue weighted by atomic mass is 16.5. The average Bonchev–Trinajstić information content (AvgIpc) is 3.52. The van der Waals surface area contributed by atoms with Crippen LogP contribution in [0.25, 0.3) is 11.4 Å². The predicted molar refractivity (Wildman–Crippen MR) is 123 cm³/mol. The van der Waals surface area contributed by atoms with Crippen LogP contribution in [-0.2, 0) is 0 Å². The second-order valence-electron chi connectivity index (χ2n) is 7.75. The first-order valence-electron chi connectivity index (χ1n) is 10.5. The SMILES string of the molecule is COc1cc(N2CC(n3ccc(C(=O)O)n3)C2)ccc1NC(=O)c1cccc(-c2cc[nH]n2)n1. The minimum atomic E-state index is -1.04. The maximum absolute atomic E-state index is 12.8. The van der Waals surface area contributed by atoms with E-state index in [0.717, 1.165) is 5.69 Å². The number of carbonyl (C=O) groups excluding carboxylic acids is 1. The van der Waals surface area contributed by atoms with Crippen LogP contribution in [0, 0.1) is 0 Å². The van der Waals surface area contributed by atoms with Crippen LogP contribution in [0.4, 0.5) is 11.4 Å². The second kappa shape index (κ2) is 8.70. The number of benzene rings is 1. The molecule has 11 nitrogen and oxygen atoms in total. The lowest BCUT2D eigenvalue weighted by atomic mass is 10.1. The lowest BCUT2D eigenvalue weighted by Gasteiger charge is -2.41. The largest absolute Gasteiger partial charge is 0.494 e. The third-order valence-electron chi connectivity index (χ3n) is 5.61. The molecule has 1 aromatic carbocycles. The Morgan fingerprint density at radius 2 is 1.97 bits per heavy atom. The molecular weight excluding hydrogens is 438 g/mol. The summed E-state index contributed by atoms with van der Waals surface area (Å²) in [6, 6.07) is 14.1. The number of ether oxygens (including phenoxy) is 1. The Balaban J connectivity index is 1.27. The van der Waals surface area contributed by atoms with Crippen LogP contribution < -0.4 is 15.0 Å². The topological polar surface area (TPSA) is 138 Å². The van der Waals surface area contributed by atoms with Crippen LogP contribution in [-0.4, -0.2) is 62.1 Å². The molecule has 5 rings (SSSR count). The number of H-pyrrole nitrogens is 1. The van der Waals surface area contributed by atoms with E-state index in [9.17, 15) is 9.59 Å². The normalized spacial score (nSPS) is 13.4. The maximum Gasteiger partial charge on any atom is 0.356 e. The van der Waals surface area contributed by atoms with Gasteiger partial charge in [0.1, 0.15) is 17.1 Å². The number of hydrogen-bond acceptors (Lipinski definition) is 7. The van der Waals surface area contributed by atoms with Crippen LogP contribution >= 0.6 is 0 Å². The molecule has 1 aliphatic heterocycles. The van der Waals surface area contributed by atoms with Crippen LogP contribution in [0.2, 0.25) is 0 Å². The second-order valence-corrected chi connectivity index (χ2v) is 7.75. The van der Waals surface area contributed by atoms with E-state index in [1.165, 1.54) is 6.07 Å². The summed E-state index contributed by atoms with van der Waals surface area (Å²) in [5, 5.41) is 22.8. The standard InChI is InChI=1S/C23H21N7O4/c1-34-21-11-14(29-12-15(13-29)30-10-8-20(28-30)23(32)33)5-6-18(21)26-22(31)19-4-2-3-16(25-19)17-7-9-24-27-17/h2-11,15H,12-13H2,1H3,(H,24,27)(H,26,31)(H,32,33). The van der Waals surface area contributed by atoms with Gasteiger partial charge in [-0.15, -0.1) is 0 Å². The number of pyridine rings is 1. The maximum atomic E-state index is 12.8. The van der Waals surface area contributed by atoms with Crippen molar-refractivity contribution in [3.05, 3.63) is 72.3 Å². The summed E-state index contributed by atoms with van der Waals surface area (Å²) in [6.07, 6.45) is 3.37. The Bertz CT molecular complexity index is 1340. The Hall–Kier alpha value is -4.67. The van der Waals surface area contributed by atoms with Gasteiger partial charge >= 0.3 is 5.97 Å². The number of carbonyl (C=O) groups is 2. The summed E-state index contributed by atoms with van der Waals surface area (Å²) < 4.78 is 7.18. The van der Waals surface area contributed by atoms with E-state index in [-0.39, 0.29) is 23.3 Å². The minimum Gasteiger partial charge on any atom is -0.494 e. The predicted octanol–water partition coefficient (Wildman–Crippen LogP) is 2.69. The first-order chi connectivity index (χ1) is 16.5. The number of aromatic amines is 1. The van der Waals surface area contributed by atoms with E-state index in [4.69, 9.17) is 9.84 Å². The lowest BCUT2D eigenvalue weighted by Crippen LogP contribution is -2.48. The number of hydrogen-bond donors (Lipinski definition) is 3. The number of rotatable bonds is 7. The van der Waals surface area contributed by atoms with E-state index < -0.39 is 5.97 Å². The van der Waals surface area contributed by atoms with Crippen LogP contribution in [0.5, 0.6) is 5.75 Å². The van der Waals surface area contributed by atoms with Crippen molar-refractivity contribution in [3.63, 3.8) is 0 Å². The molecule has 1 saturated heterocycles. The highest BCUT2D eigenvalue weighted by Crippen LogP contribution is 2.34. The van der Waals surface area contributed by atoms with E-state index >= 15 is 0 Å². The Kier molecular flexibility index (Phi) is 5.42. The molecule has 0 bridgehead atoms. The van der Waals surface area contributed by atoms with Gasteiger partial charge in [-0.1, -0.05) is 6.07 Å². The number of anilines is 2. The molecule has 0 radical (unpaired) electrons. The fourth-order valence-corrected chi connectivity index (χ4v) is 3.76. The molecule has 172 valence electrons. The highest BCUT2D eigenvalue weighted by molar-refractivity contribution is 6.04. The molecule has 11 heteroatoms. The van der Waals surface area contributed by atoms with Gasteiger partial charge in [0.2, 0.25) is 0 Å². The van der Waals surface area contributed by atoms with Crippen molar-refractivity contribution < 1.29 is 19.4 Å². The number of aromatic nitrogens is 5. The Morgan fingerprint density at radius 1 is 1.12 bits per heavy atom. The molecule has 0 atom stereocenters. The molecule has 1 amide bonds. The molecule has 0 unspecified atom stereocenters. The highest BCUT2D eigenvalue weighted by Gasteiger charge is 2.30. The van der Waals surface area contributed by atoms with Gasteiger partial charge in [0.15, 0.2) is 5.69 Å². The van der Waals surface area contributed by atoms with Crippen molar-refractivity contribution >= 4 is 23.3 Å². The fraction of sp³-hybridized carbons (Fsp3) is 0.174. The Morgan fingerprint density at radius 3 is 2.68 bits per heavy atom. The van der Waals surface area contributed by atoms with E-state index in [2.05, 4.69) is 30.5 Å². The zero-order valence-electron chi connectivity index (χ0n) is 18.2. The van der Waals surface area contributed by atoms with Crippen LogP contribution in [0.15, 0.2) is 60.9 Å². The summed E-state index contributed by atoms with van der Waals surface area (Å²) in [5.41, 5.74) is 2.99. The number of carboxylic acid groups (broad SMARTS) is 1. The van der Waals surface area contributed by atoms with Crippen molar-refractivity contribution in [1.29, 1.82) is 0 Å². The van der Waals surface area contributed by atoms with Gasteiger partial charge in [-0.25, -0.2) is 9.78 Å². The Labute approximate surface area is 194 Å². The first kappa shape index (κ1) is 21.2. The molecule has 1 fully saturated rings. The molecule has 0 aliphatic carbocycles. The summed E-state index contributed by atoms with van der Waals surface area (Å²) in [4.78, 5) is 30.4. The first-order valence-corrected chi connectivity index (χ1v) is 10.5. The van der Waals surface area contributed by atoms with E-state index in [1.807, 2.05) is 12.1 Å². The number of amides is 1. The number of methoxy groups -OCH3 is 1. The van der Waals surface area contributed by atoms with Gasteiger partial charge in [0.05, 0.1) is 24.5 Å². The van der Waals surface area contributed by atoms with Gasteiger partial charge in [-0.2, -0.15) is 10.2 Å². The smallest absolute Gasteiger partial charge is 0.356 e. The van der Waals surface area contributed by atoms with Gasteiger partial charge < -0.3 is 20.1 Å².